The van der Waals surface area contributed by atoms with Crippen molar-refractivity contribution < 1.29 is 18.6 Å². The van der Waals surface area contributed by atoms with Gasteiger partial charge in [-0.25, -0.2) is 0 Å². The molecule has 11 heavy (non-hydrogen) atoms. The third-order valence-electron chi connectivity index (χ3n) is 1.40. The van der Waals surface area contributed by atoms with Gasteiger partial charge in [0.15, 0.2) is 8.03 Å². The smallest absolute Gasteiger partial charge is 0.308 e. The van der Waals surface area contributed by atoms with E-state index in [1.54, 1.807) is 6.92 Å². The summed E-state index contributed by atoms with van der Waals surface area (Å²) in [7, 11) is -1.96. The molecule has 5 heteroatoms. The number of rotatable bonds is 3. The molecule has 0 N–H and O–H groups in total. The van der Waals surface area contributed by atoms with Crippen LogP contribution in [0, 0.1) is 0 Å². The Balaban J connectivity index is 2.28. The zero-order valence-corrected chi connectivity index (χ0v) is 7.33. The topological polar surface area (TPSA) is 52.6 Å². The number of esters is 1. The van der Waals surface area contributed by atoms with E-state index in [0.717, 1.165) is 0 Å². The van der Waals surface area contributed by atoms with Gasteiger partial charge in [0.2, 0.25) is 6.29 Å². The van der Waals surface area contributed by atoms with Crippen molar-refractivity contribution in [1.29, 1.82) is 0 Å². The molecule has 0 amide bonds. The van der Waals surface area contributed by atoms with E-state index in [4.69, 9.17) is 9.26 Å². The Morgan fingerprint density at radius 1 is 1.82 bits per heavy atom. The highest BCUT2D eigenvalue weighted by molar-refractivity contribution is 7.39. The molecular formula is C6H11O4P. The summed E-state index contributed by atoms with van der Waals surface area (Å²) >= 11 is 0. The molecule has 2 atom stereocenters. The fraction of sp³-hybridized carbons (Fsp3) is 0.833. The summed E-state index contributed by atoms with van der Waals surface area (Å²) in [6.07, 6.45) is 0.867. The van der Waals surface area contributed by atoms with E-state index < -0.39 is 14.3 Å². The first kappa shape index (κ1) is 8.75. The van der Waals surface area contributed by atoms with Gasteiger partial charge in [0, 0.05) is 12.6 Å². The minimum absolute atomic E-state index is 0.263. The van der Waals surface area contributed by atoms with Gasteiger partial charge in [-0.2, -0.15) is 0 Å². The van der Waals surface area contributed by atoms with E-state index in [1.807, 2.05) is 0 Å². The number of hydrogen-bond donors (Lipinski definition) is 0. The minimum atomic E-state index is -1.96. The zero-order chi connectivity index (χ0) is 8.27. The average molecular weight is 178 g/mol. The van der Waals surface area contributed by atoms with Crippen molar-refractivity contribution in [3.63, 3.8) is 0 Å². The Labute approximate surface area is 65.7 Å². The molecule has 0 aromatic heterocycles. The van der Waals surface area contributed by atoms with Crippen LogP contribution >= 0.6 is 8.03 Å². The van der Waals surface area contributed by atoms with Crippen molar-refractivity contribution in [3.05, 3.63) is 0 Å². The van der Waals surface area contributed by atoms with Gasteiger partial charge in [0.1, 0.15) is 0 Å². The highest BCUT2D eigenvalue weighted by atomic mass is 31.1. The lowest BCUT2D eigenvalue weighted by molar-refractivity contribution is -0.150. The molecule has 0 saturated carbocycles. The fourth-order valence-electron chi connectivity index (χ4n) is 0.813. The van der Waals surface area contributed by atoms with Gasteiger partial charge in [0.25, 0.3) is 0 Å². The van der Waals surface area contributed by atoms with Crippen LogP contribution in [0.1, 0.15) is 19.8 Å². The molecule has 1 fully saturated rings. The number of cyclic esters (lactones) is 1. The molecule has 1 aliphatic rings. The van der Waals surface area contributed by atoms with Crippen molar-refractivity contribution in [3.8, 4) is 0 Å². The van der Waals surface area contributed by atoms with Crippen LogP contribution in [0.15, 0.2) is 0 Å². The lowest BCUT2D eigenvalue weighted by atomic mass is 10.4. The van der Waals surface area contributed by atoms with Crippen molar-refractivity contribution >= 4 is 14.0 Å². The molecule has 1 aliphatic heterocycles. The number of carbonyl (C=O) groups is 1. The van der Waals surface area contributed by atoms with Crippen molar-refractivity contribution in [2.45, 2.75) is 26.1 Å². The second-order valence-electron chi connectivity index (χ2n) is 2.30. The third kappa shape index (κ3) is 2.64. The molecule has 0 aliphatic carbocycles. The van der Waals surface area contributed by atoms with Crippen LogP contribution in [0.25, 0.3) is 0 Å². The average Bonchev–Trinajstić information content (AvgIpc) is 2.35. The SMILES string of the molecule is CC[PH](=O)OC1CCC(=O)O1. The van der Waals surface area contributed by atoms with Crippen molar-refractivity contribution in [1.82, 2.24) is 0 Å². The zero-order valence-electron chi connectivity index (χ0n) is 6.33. The van der Waals surface area contributed by atoms with Crippen molar-refractivity contribution in [2.75, 3.05) is 6.16 Å². The van der Waals surface area contributed by atoms with Gasteiger partial charge in [-0.15, -0.1) is 0 Å². The lowest BCUT2D eigenvalue weighted by Crippen LogP contribution is -2.07. The quantitative estimate of drug-likeness (QED) is 0.480. The lowest BCUT2D eigenvalue weighted by Gasteiger charge is -2.08. The largest absolute Gasteiger partial charge is 0.435 e. The molecule has 4 nitrogen and oxygen atoms in total. The van der Waals surface area contributed by atoms with E-state index in [-0.39, 0.29) is 5.97 Å². The maximum Gasteiger partial charge on any atom is 0.308 e. The number of ether oxygens (including phenoxy) is 1. The van der Waals surface area contributed by atoms with Crippen LogP contribution in [0.3, 0.4) is 0 Å². The molecule has 0 aromatic carbocycles. The molecule has 1 heterocycles. The van der Waals surface area contributed by atoms with E-state index in [0.29, 0.717) is 19.0 Å². The standard InChI is InChI=1S/C6H11O4P/c1-2-11(8)10-6-4-3-5(7)9-6/h6,11H,2-4H2,1H3. The summed E-state index contributed by atoms with van der Waals surface area (Å²) in [6, 6.07) is 0. The summed E-state index contributed by atoms with van der Waals surface area (Å²) in [6.45, 7) is 1.78. The van der Waals surface area contributed by atoms with E-state index in [1.165, 1.54) is 0 Å². The maximum atomic E-state index is 10.8. The normalized spacial score (nSPS) is 26.6. The molecule has 0 aromatic rings. The Morgan fingerprint density at radius 2 is 2.55 bits per heavy atom. The van der Waals surface area contributed by atoms with E-state index in [2.05, 4.69) is 0 Å². The summed E-state index contributed by atoms with van der Waals surface area (Å²) in [4.78, 5) is 10.5. The van der Waals surface area contributed by atoms with Crippen LogP contribution in [-0.2, 0) is 18.6 Å². The van der Waals surface area contributed by atoms with Gasteiger partial charge in [-0.3, -0.25) is 13.9 Å². The first-order valence-electron chi connectivity index (χ1n) is 3.61. The Kier molecular flexibility index (Phi) is 3.09. The maximum absolute atomic E-state index is 10.8. The number of carbonyl (C=O) groups excluding carboxylic acids is 1. The highest BCUT2D eigenvalue weighted by Crippen LogP contribution is 2.28. The molecule has 1 rings (SSSR count). The third-order valence-corrected chi connectivity index (χ3v) is 2.50. The van der Waals surface area contributed by atoms with E-state index in [9.17, 15) is 9.36 Å². The monoisotopic (exact) mass is 178 g/mol. The van der Waals surface area contributed by atoms with Crippen LogP contribution in [0.4, 0.5) is 0 Å². The van der Waals surface area contributed by atoms with Gasteiger partial charge in [-0.1, -0.05) is 6.92 Å². The fourth-order valence-corrected chi connectivity index (χ4v) is 1.44. The molecule has 1 saturated heterocycles. The highest BCUT2D eigenvalue weighted by Gasteiger charge is 2.24. The Bertz CT molecular complexity index is 179. The minimum Gasteiger partial charge on any atom is -0.435 e. The molecule has 0 radical (unpaired) electrons. The molecule has 2 unspecified atom stereocenters. The van der Waals surface area contributed by atoms with E-state index >= 15 is 0 Å². The first-order valence-corrected chi connectivity index (χ1v) is 5.13. The summed E-state index contributed by atoms with van der Waals surface area (Å²) < 4.78 is 20.5. The second-order valence-corrected chi connectivity index (χ2v) is 3.99. The van der Waals surface area contributed by atoms with Gasteiger partial charge >= 0.3 is 5.97 Å². The Morgan fingerprint density at radius 3 is 3.00 bits per heavy atom. The molecule has 64 valence electrons. The van der Waals surface area contributed by atoms with Crippen LogP contribution in [0.2, 0.25) is 0 Å². The predicted molar refractivity (Wildman–Crippen MR) is 39.7 cm³/mol. The first-order chi connectivity index (χ1) is 5.22. The predicted octanol–water partition coefficient (Wildman–Crippen LogP) is 1.16. The summed E-state index contributed by atoms with van der Waals surface area (Å²) in [5.41, 5.74) is 0. The van der Waals surface area contributed by atoms with Crippen LogP contribution < -0.4 is 0 Å². The summed E-state index contributed by atoms with van der Waals surface area (Å²) in [5.74, 6) is -0.263. The summed E-state index contributed by atoms with van der Waals surface area (Å²) in [5, 5.41) is 0. The van der Waals surface area contributed by atoms with Gasteiger partial charge in [0.05, 0.1) is 6.42 Å². The molecule has 0 spiro atoms. The molecular weight excluding hydrogens is 167 g/mol. The number of hydrogen-bond acceptors (Lipinski definition) is 4. The van der Waals surface area contributed by atoms with Gasteiger partial charge in [-0.05, 0) is 0 Å². The van der Waals surface area contributed by atoms with Crippen LogP contribution in [0.5, 0.6) is 0 Å². The Hall–Kier alpha value is -0.340. The molecule has 0 bridgehead atoms. The second kappa shape index (κ2) is 3.88. The van der Waals surface area contributed by atoms with Crippen molar-refractivity contribution in [2.24, 2.45) is 0 Å². The van der Waals surface area contributed by atoms with Crippen LogP contribution in [-0.4, -0.2) is 18.4 Å². The van der Waals surface area contributed by atoms with Gasteiger partial charge < -0.3 is 4.74 Å².